The number of hydrogen-bond acceptors (Lipinski definition) is 5. The summed E-state index contributed by atoms with van der Waals surface area (Å²) in [5, 5.41) is 10.5. The number of hydrogen-bond donors (Lipinski definition) is 1. The lowest BCUT2D eigenvalue weighted by Crippen LogP contribution is -2.34. The first-order valence-electron chi connectivity index (χ1n) is 5.99. The normalized spacial score (nSPS) is 27.1. The molecule has 1 spiro atoms. The Morgan fingerprint density at radius 3 is 2.78 bits per heavy atom. The molecule has 2 fully saturated rings. The van der Waals surface area contributed by atoms with Gasteiger partial charge in [-0.1, -0.05) is 0 Å². The average Bonchev–Trinajstić information content (AvgIpc) is 2.86. The van der Waals surface area contributed by atoms with E-state index in [1.54, 1.807) is 0 Å². The van der Waals surface area contributed by atoms with Gasteiger partial charge >= 0.3 is 0 Å². The molecule has 0 aromatic carbocycles. The van der Waals surface area contributed by atoms with Crippen LogP contribution in [0.25, 0.3) is 0 Å². The van der Waals surface area contributed by atoms with Crippen molar-refractivity contribution < 1.29 is 9.59 Å². The smallest absolute Gasteiger partial charge is 0.235 e. The fraction of sp³-hybridized carbons (Fsp3) is 0.500. The van der Waals surface area contributed by atoms with Crippen LogP contribution in [0.1, 0.15) is 18.5 Å². The van der Waals surface area contributed by atoms with Gasteiger partial charge in [-0.2, -0.15) is 5.10 Å². The maximum absolute atomic E-state index is 11.8. The van der Waals surface area contributed by atoms with E-state index in [1.165, 1.54) is 0 Å². The van der Waals surface area contributed by atoms with Crippen LogP contribution in [0, 0.1) is 12.3 Å². The molecule has 0 aliphatic carbocycles. The van der Waals surface area contributed by atoms with Crippen LogP contribution < -0.4 is 10.2 Å². The minimum absolute atomic E-state index is 0.143. The van der Waals surface area contributed by atoms with E-state index in [-0.39, 0.29) is 11.8 Å². The van der Waals surface area contributed by atoms with Gasteiger partial charge in [-0.05, 0) is 25.5 Å². The molecule has 1 aromatic rings. The number of anilines is 1. The molecule has 2 aliphatic heterocycles. The van der Waals surface area contributed by atoms with Crippen LogP contribution in [0.2, 0.25) is 0 Å². The van der Waals surface area contributed by atoms with E-state index in [0.29, 0.717) is 19.4 Å². The molecule has 3 heterocycles. The molecular formula is C12H14N4O2. The van der Waals surface area contributed by atoms with E-state index in [0.717, 1.165) is 18.1 Å². The third-order valence-corrected chi connectivity index (χ3v) is 3.70. The van der Waals surface area contributed by atoms with Gasteiger partial charge in [0.25, 0.3) is 0 Å². The molecule has 6 nitrogen and oxygen atoms in total. The Labute approximate surface area is 104 Å². The highest BCUT2D eigenvalue weighted by molar-refractivity contribution is 6.06. The lowest BCUT2D eigenvalue weighted by molar-refractivity contribution is -0.127. The molecule has 2 aliphatic rings. The number of rotatable bonds is 1. The summed E-state index contributed by atoms with van der Waals surface area (Å²) in [5.74, 6) is 0.455. The van der Waals surface area contributed by atoms with Gasteiger partial charge in [0, 0.05) is 19.5 Å². The minimum Gasteiger partial charge on any atom is -0.354 e. The third kappa shape index (κ3) is 1.64. The van der Waals surface area contributed by atoms with Gasteiger partial charge < -0.3 is 4.90 Å². The molecule has 1 N–H and O–H groups in total. The van der Waals surface area contributed by atoms with Crippen LogP contribution in [0.5, 0.6) is 0 Å². The second-order valence-corrected chi connectivity index (χ2v) is 5.04. The fourth-order valence-corrected chi connectivity index (χ4v) is 2.65. The summed E-state index contributed by atoms with van der Waals surface area (Å²) >= 11 is 0. The molecule has 0 bridgehead atoms. The molecule has 2 amide bonds. The summed E-state index contributed by atoms with van der Waals surface area (Å²) in [6.45, 7) is 3.16. The number of aryl methyl sites for hydroxylation is 1. The van der Waals surface area contributed by atoms with Gasteiger partial charge in [0.2, 0.25) is 11.8 Å². The summed E-state index contributed by atoms with van der Waals surface area (Å²) in [7, 11) is 0. The zero-order valence-corrected chi connectivity index (χ0v) is 10.1. The standard InChI is InChI=1S/C12H14N4O2/c1-8-2-3-9(15-14-8)16-5-4-12(7-16)6-10(17)13-11(12)18/h2-3H,4-7H2,1H3,(H,13,17,18). The average molecular weight is 246 g/mol. The molecule has 1 atom stereocenters. The number of aromatic nitrogens is 2. The topological polar surface area (TPSA) is 75.2 Å². The van der Waals surface area contributed by atoms with Crippen molar-refractivity contribution in [1.82, 2.24) is 15.5 Å². The maximum Gasteiger partial charge on any atom is 0.235 e. The monoisotopic (exact) mass is 246 g/mol. The van der Waals surface area contributed by atoms with E-state index < -0.39 is 5.41 Å². The number of carbonyl (C=O) groups is 2. The van der Waals surface area contributed by atoms with Crippen LogP contribution in [-0.2, 0) is 9.59 Å². The van der Waals surface area contributed by atoms with Crippen molar-refractivity contribution in [2.75, 3.05) is 18.0 Å². The largest absolute Gasteiger partial charge is 0.354 e. The highest BCUT2D eigenvalue weighted by Crippen LogP contribution is 2.38. The van der Waals surface area contributed by atoms with Gasteiger partial charge in [0.05, 0.1) is 11.1 Å². The third-order valence-electron chi connectivity index (χ3n) is 3.70. The predicted molar refractivity (Wildman–Crippen MR) is 63.8 cm³/mol. The zero-order chi connectivity index (χ0) is 12.8. The predicted octanol–water partition coefficient (Wildman–Crippen LogP) is 0.0280. The molecule has 18 heavy (non-hydrogen) atoms. The first-order valence-corrected chi connectivity index (χ1v) is 5.99. The summed E-state index contributed by atoms with van der Waals surface area (Å²) in [5.41, 5.74) is 0.311. The number of nitrogens with one attached hydrogen (secondary N) is 1. The maximum atomic E-state index is 11.8. The van der Waals surface area contributed by atoms with Crippen LogP contribution >= 0.6 is 0 Å². The molecule has 6 heteroatoms. The van der Waals surface area contributed by atoms with Gasteiger partial charge in [0.15, 0.2) is 5.82 Å². The van der Waals surface area contributed by atoms with E-state index in [4.69, 9.17) is 0 Å². The minimum atomic E-state index is -0.552. The summed E-state index contributed by atoms with van der Waals surface area (Å²) < 4.78 is 0. The van der Waals surface area contributed by atoms with E-state index >= 15 is 0 Å². The number of amides is 2. The SMILES string of the molecule is Cc1ccc(N2CCC3(CC(=O)NC3=O)C2)nn1. The molecular weight excluding hydrogens is 232 g/mol. The highest BCUT2D eigenvalue weighted by Gasteiger charge is 2.51. The number of imide groups is 1. The zero-order valence-electron chi connectivity index (χ0n) is 10.1. The first kappa shape index (κ1) is 11.1. The number of nitrogens with zero attached hydrogens (tertiary/aromatic N) is 3. The van der Waals surface area contributed by atoms with Crippen molar-refractivity contribution in [3.8, 4) is 0 Å². The summed E-state index contributed by atoms with van der Waals surface area (Å²) in [4.78, 5) is 25.2. The van der Waals surface area contributed by atoms with Crippen LogP contribution in [-0.4, -0.2) is 35.1 Å². The van der Waals surface area contributed by atoms with Gasteiger partial charge in [0.1, 0.15) is 0 Å². The van der Waals surface area contributed by atoms with Crippen molar-refractivity contribution in [3.63, 3.8) is 0 Å². The van der Waals surface area contributed by atoms with Gasteiger partial charge in [-0.25, -0.2) is 0 Å². The molecule has 0 saturated carbocycles. The van der Waals surface area contributed by atoms with Gasteiger partial charge in [-0.15, -0.1) is 5.10 Å². The van der Waals surface area contributed by atoms with E-state index in [2.05, 4.69) is 15.5 Å². The van der Waals surface area contributed by atoms with Gasteiger partial charge in [-0.3, -0.25) is 14.9 Å². The molecule has 94 valence electrons. The Kier molecular flexibility index (Phi) is 2.33. The fourth-order valence-electron chi connectivity index (χ4n) is 2.65. The molecule has 2 saturated heterocycles. The van der Waals surface area contributed by atoms with Crippen molar-refractivity contribution in [2.24, 2.45) is 5.41 Å². The quantitative estimate of drug-likeness (QED) is 0.707. The highest BCUT2D eigenvalue weighted by atomic mass is 16.2. The van der Waals surface area contributed by atoms with E-state index in [9.17, 15) is 9.59 Å². The summed E-state index contributed by atoms with van der Waals surface area (Å²) in [6.07, 6.45) is 0.988. The lowest BCUT2D eigenvalue weighted by Gasteiger charge is -2.20. The molecule has 1 aromatic heterocycles. The van der Waals surface area contributed by atoms with Crippen molar-refractivity contribution in [1.29, 1.82) is 0 Å². The Hall–Kier alpha value is -1.98. The molecule has 1 unspecified atom stereocenters. The molecule has 0 radical (unpaired) electrons. The second kappa shape index (κ2) is 3.76. The van der Waals surface area contributed by atoms with Crippen molar-refractivity contribution in [3.05, 3.63) is 17.8 Å². The van der Waals surface area contributed by atoms with Crippen LogP contribution in [0.4, 0.5) is 5.82 Å². The lowest BCUT2D eigenvalue weighted by atomic mass is 9.85. The van der Waals surface area contributed by atoms with Crippen molar-refractivity contribution in [2.45, 2.75) is 19.8 Å². The first-order chi connectivity index (χ1) is 8.59. The Morgan fingerprint density at radius 1 is 1.33 bits per heavy atom. The Balaban J connectivity index is 1.81. The Morgan fingerprint density at radius 2 is 2.17 bits per heavy atom. The summed E-state index contributed by atoms with van der Waals surface area (Å²) in [6, 6.07) is 3.79. The van der Waals surface area contributed by atoms with Crippen LogP contribution in [0.3, 0.4) is 0 Å². The van der Waals surface area contributed by atoms with Crippen LogP contribution in [0.15, 0.2) is 12.1 Å². The Bertz CT molecular complexity index is 513. The molecule has 3 rings (SSSR count). The second-order valence-electron chi connectivity index (χ2n) is 5.04. The number of carbonyl (C=O) groups excluding carboxylic acids is 2. The van der Waals surface area contributed by atoms with Crippen molar-refractivity contribution >= 4 is 17.6 Å². The van der Waals surface area contributed by atoms with E-state index in [1.807, 2.05) is 24.0 Å².